The Morgan fingerprint density at radius 1 is 1.27 bits per heavy atom. The highest BCUT2D eigenvalue weighted by atomic mass is 14.9. The van der Waals surface area contributed by atoms with Gasteiger partial charge in [0.1, 0.15) is 0 Å². The summed E-state index contributed by atoms with van der Waals surface area (Å²) in [5.74, 6) is 1.83. The molecule has 2 rings (SSSR count). The first-order valence-corrected chi connectivity index (χ1v) is 6.80. The fourth-order valence-electron chi connectivity index (χ4n) is 2.73. The molecule has 0 aromatic carbocycles. The van der Waals surface area contributed by atoms with Gasteiger partial charge in [-0.05, 0) is 63.6 Å². The quantitative estimate of drug-likeness (QED) is 0.726. The second-order valence-electron chi connectivity index (χ2n) is 5.45. The summed E-state index contributed by atoms with van der Waals surface area (Å²) in [4.78, 5) is 0. The van der Waals surface area contributed by atoms with Crippen molar-refractivity contribution in [1.82, 2.24) is 10.6 Å². The lowest BCUT2D eigenvalue weighted by Crippen LogP contribution is -2.38. The fraction of sp³-hybridized carbons (Fsp3) is 1.00. The summed E-state index contributed by atoms with van der Waals surface area (Å²) in [7, 11) is 0. The van der Waals surface area contributed by atoms with E-state index < -0.39 is 0 Å². The number of rotatable bonds is 5. The Hall–Kier alpha value is -0.0800. The second-order valence-corrected chi connectivity index (χ2v) is 5.45. The molecule has 0 amide bonds. The van der Waals surface area contributed by atoms with Crippen LogP contribution in [0.1, 0.15) is 45.4 Å². The molecule has 2 nitrogen and oxygen atoms in total. The predicted molar refractivity (Wildman–Crippen MR) is 65.0 cm³/mol. The van der Waals surface area contributed by atoms with E-state index in [0.29, 0.717) is 0 Å². The van der Waals surface area contributed by atoms with E-state index in [9.17, 15) is 0 Å². The van der Waals surface area contributed by atoms with Crippen LogP contribution >= 0.6 is 0 Å². The van der Waals surface area contributed by atoms with Gasteiger partial charge in [-0.1, -0.05) is 13.3 Å². The van der Waals surface area contributed by atoms with Crippen molar-refractivity contribution in [1.29, 1.82) is 0 Å². The van der Waals surface area contributed by atoms with Gasteiger partial charge in [-0.15, -0.1) is 0 Å². The zero-order valence-electron chi connectivity index (χ0n) is 10.1. The third kappa shape index (κ3) is 3.46. The first kappa shape index (κ1) is 11.4. The molecule has 2 heteroatoms. The Kier molecular flexibility index (Phi) is 4.45. The van der Waals surface area contributed by atoms with Crippen molar-refractivity contribution in [2.45, 2.75) is 51.5 Å². The van der Waals surface area contributed by atoms with Crippen LogP contribution in [0.15, 0.2) is 0 Å². The van der Waals surface area contributed by atoms with Crippen LogP contribution in [0.3, 0.4) is 0 Å². The maximum absolute atomic E-state index is 3.67. The SMILES string of the molecule is CC(CCNC1CCC1)C1CCCNC1. The Labute approximate surface area is 94.2 Å². The monoisotopic (exact) mass is 210 g/mol. The minimum Gasteiger partial charge on any atom is -0.316 e. The molecule has 1 aliphatic heterocycles. The minimum absolute atomic E-state index is 0.863. The molecule has 2 N–H and O–H groups in total. The summed E-state index contributed by atoms with van der Waals surface area (Å²) in [6.45, 7) is 6.16. The van der Waals surface area contributed by atoms with E-state index in [1.54, 1.807) is 0 Å². The third-order valence-electron chi connectivity index (χ3n) is 4.28. The van der Waals surface area contributed by atoms with Gasteiger partial charge in [0.25, 0.3) is 0 Å². The molecule has 0 radical (unpaired) electrons. The van der Waals surface area contributed by atoms with E-state index in [0.717, 1.165) is 17.9 Å². The van der Waals surface area contributed by atoms with Gasteiger partial charge in [0.2, 0.25) is 0 Å². The molecule has 1 saturated heterocycles. The molecule has 1 heterocycles. The van der Waals surface area contributed by atoms with Crippen LogP contribution < -0.4 is 10.6 Å². The van der Waals surface area contributed by atoms with E-state index in [2.05, 4.69) is 17.6 Å². The summed E-state index contributed by atoms with van der Waals surface area (Å²) >= 11 is 0. The first-order chi connectivity index (χ1) is 7.36. The molecule has 2 unspecified atom stereocenters. The summed E-state index contributed by atoms with van der Waals surface area (Å²) in [5, 5.41) is 7.19. The average Bonchev–Trinajstić information content (AvgIpc) is 2.23. The van der Waals surface area contributed by atoms with Crippen molar-refractivity contribution in [2.24, 2.45) is 11.8 Å². The second kappa shape index (κ2) is 5.86. The Morgan fingerprint density at radius 3 is 2.73 bits per heavy atom. The predicted octanol–water partition coefficient (Wildman–Crippen LogP) is 2.15. The lowest BCUT2D eigenvalue weighted by Gasteiger charge is -2.30. The molecule has 0 spiro atoms. The Morgan fingerprint density at radius 2 is 2.13 bits per heavy atom. The van der Waals surface area contributed by atoms with E-state index >= 15 is 0 Å². The highest BCUT2D eigenvalue weighted by molar-refractivity contribution is 4.78. The molecule has 88 valence electrons. The summed E-state index contributed by atoms with van der Waals surface area (Å²) in [6, 6.07) is 0.863. The van der Waals surface area contributed by atoms with Crippen molar-refractivity contribution in [3.05, 3.63) is 0 Å². The van der Waals surface area contributed by atoms with Crippen LogP contribution in [0.2, 0.25) is 0 Å². The van der Waals surface area contributed by atoms with Crippen LogP contribution in [0.4, 0.5) is 0 Å². The molecular formula is C13H26N2. The van der Waals surface area contributed by atoms with Gasteiger partial charge in [0.15, 0.2) is 0 Å². The van der Waals surface area contributed by atoms with Crippen LogP contribution in [-0.2, 0) is 0 Å². The van der Waals surface area contributed by atoms with Gasteiger partial charge >= 0.3 is 0 Å². The number of piperidine rings is 1. The molecule has 2 fully saturated rings. The van der Waals surface area contributed by atoms with Crippen molar-refractivity contribution in [2.75, 3.05) is 19.6 Å². The first-order valence-electron chi connectivity index (χ1n) is 6.80. The normalized spacial score (nSPS) is 29.8. The van der Waals surface area contributed by atoms with Crippen molar-refractivity contribution in [3.8, 4) is 0 Å². The lowest BCUT2D eigenvalue weighted by atomic mass is 9.85. The van der Waals surface area contributed by atoms with Crippen molar-refractivity contribution in [3.63, 3.8) is 0 Å². The zero-order valence-corrected chi connectivity index (χ0v) is 10.1. The number of hydrogen-bond acceptors (Lipinski definition) is 2. The summed E-state index contributed by atoms with van der Waals surface area (Å²) < 4.78 is 0. The Bertz CT molecular complexity index is 171. The van der Waals surface area contributed by atoms with Gasteiger partial charge in [0, 0.05) is 6.04 Å². The molecule has 0 bridgehead atoms. The van der Waals surface area contributed by atoms with E-state index in [4.69, 9.17) is 0 Å². The molecule has 2 atom stereocenters. The highest BCUT2D eigenvalue weighted by Crippen LogP contribution is 2.23. The molecule has 2 aliphatic rings. The van der Waals surface area contributed by atoms with E-state index in [1.807, 2.05) is 0 Å². The smallest absolute Gasteiger partial charge is 0.00670 e. The zero-order chi connectivity index (χ0) is 10.5. The number of hydrogen-bond donors (Lipinski definition) is 2. The van der Waals surface area contributed by atoms with E-state index in [-0.39, 0.29) is 0 Å². The van der Waals surface area contributed by atoms with Gasteiger partial charge in [-0.25, -0.2) is 0 Å². The van der Waals surface area contributed by atoms with Gasteiger partial charge in [0.05, 0.1) is 0 Å². The maximum atomic E-state index is 3.67. The number of nitrogens with one attached hydrogen (secondary N) is 2. The van der Waals surface area contributed by atoms with Gasteiger partial charge < -0.3 is 10.6 Å². The molecule has 1 aliphatic carbocycles. The molecular weight excluding hydrogens is 184 g/mol. The van der Waals surface area contributed by atoms with E-state index in [1.165, 1.54) is 58.2 Å². The molecule has 0 aromatic rings. The summed E-state index contributed by atoms with van der Waals surface area (Å²) in [5.41, 5.74) is 0. The summed E-state index contributed by atoms with van der Waals surface area (Å²) in [6.07, 6.45) is 8.46. The molecule has 15 heavy (non-hydrogen) atoms. The topological polar surface area (TPSA) is 24.1 Å². The van der Waals surface area contributed by atoms with Crippen LogP contribution in [0, 0.1) is 11.8 Å². The standard InChI is InChI=1S/C13H26N2/c1-11(12-4-3-8-14-10-12)7-9-15-13-5-2-6-13/h11-15H,2-10H2,1H3. The molecule has 0 aromatic heterocycles. The average molecular weight is 210 g/mol. The molecule has 1 saturated carbocycles. The van der Waals surface area contributed by atoms with Gasteiger partial charge in [-0.3, -0.25) is 0 Å². The van der Waals surface area contributed by atoms with Gasteiger partial charge in [-0.2, -0.15) is 0 Å². The largest absolute Gasteiger partial charge is 0.316 e. The highest BCUT2D eigenvalue weighted by Gasteiger charge is 2.20. The Balaban J connectivity index is 1.56. The van der Waals surface area contributed by atoms with Crippen molar-refractivity contribution >= 4 is 0 Å². The lowest BCUT2D eigenvalue weighted by molar-refractivity contribution is 0.255. The van der Waals surface area contributed by atoms with Crippen LogP contribution in [0.25, 0.3) is 0 Å². The minimum atomic E-state index is 0.863. The third-order valence-corrected chi connectivity index (χ3v) is 4.28. The van der Waals surface area contributed by atoms with Crippen LogP contribution in [0.5, 0.6) is 0 Å². The van der Waals surface area contributed by atoms with Crippen LogP contribution in [-0.4, -0.2) is 25.7 Å². The maximum Gasteiger partial charge on any atom is 0.00670 e. The van der Waals surface area contributed by atoms with Crippen molar-refractivity contribution < 1.29 is 0 Å². The fourth-order valence-corrected chi connectivity index (χ4v) is 2.73.